The first-order valence-electron chi connectivity index (χ1n) is 4.77. The minimum atomic E-state index is -0.509. The molecule has 2 heteroatoms. The molecule has 0 saturated carbocycles. The lowest BCUT2D eigenvalue weighted by Crippen LogP contribution is -2.21. The molecule has 0 heterocycles. The van der Waals surface area contributed by atoms with Crippen molar-refractivity contribution in [1.29, 1.82) is 0 Å². The molecule has 0 N–H and O–H groups in total. The van der Waals surface area contributed by atoms with Crippen LogP contribution in [0.5, 0.6) is 0 Å². The van der Waals surface area contributed by atoms with Gasteiger partial charge >= 0.3 is 5.97 Å². The van der Waals surface area contributed by atoms with Crippen molar-refractivity contribution in [1.82, 2.24) is 0 Å². The Morgan fingerprint density at radius 1 is 1.20 bits per heavy atom. The summed E-state index contributed by atoms with van der Waals surface area (Å²) in [6, 6.07) is 9.40. The molecule has 1 aromatic rings. The van der Waals surface area contributed by atoms with Gasteiger partial charge in [0.05, 0.1) is 5.41 Å². The molecule has 15 heavy (non-hydrogen) atoms. The Balaban J connectivity index is 2.59. The Hall–Kier alpha value is -1.75. The van der Waals surface area contributed by atoms with Gasteiger partial charge < -0.3 is 4.74 Å². The summed E-state index contributed by atoms with van der Waals surface area (Å²) in [6.07, 6.45) is 2.41. The third-order valence-corrected chi connectivity index (χ3v) is 1.73. The average molecular weight is 202 g/mol. The van der Waals surface area contributed by atoms with E-state index in [0.717, 1.165) is 5.56 Å². The second-order valence-corrected chi connectivity index (χ2v) is 4.23. The second kappa shape index (κ2) is 4.65. The number of ether oxygens (including phenoxy) is 1. The fourth-order valence-corrected chi connectivity index (χ4v) is 0.805. The SMILES string of the molecule is CC(C)(C)C(=O)OC#Cc1ccccc1. The lowest BCUT2D eigenvalue weighted by Gasteiger charge is -2.12. The van der Waals surface area contributed by atoms with Gasteiger partial charge in [-0.25, -0.2) is 0 Å². The smallest absolute Gasteiger partial charge is 0.325 e. The van der Waals surface area contributed by atoms with Crippen LogP contribution in [0, 0.1) is 17.4 Å². The highest BCUT2D eigenvalue weighted by atomic mass is 16.5. The van der Waals surface area contributed by atoms with Crippen molar-refractivity contribution < 1.29 is 9.53 Å². The van der Waals surface area contributed by atoms with Crippen molar-refractivity contribution in [2.45, 2.75) is 20.8 Å². The standard InChI is InChI=1S/C13H14O2/c1-13(2,3)12(14)15-10-9-11-7-5-4-6-8-11/h4-8H,1-3H3. The number of rotatable bonds is 0. The summed E-state index contributed by atoms with van der Waals surface area (Å²) in [4.78, 5) is 11.3. The van der Waals surface area contributed by atoms with Crippen LogP contribution in [0.1, 0.15) is 26.3 Å². The molecule has 0 aliphatic heterocycles. The first-order valence-corrected chi connectivity index (χ1v) is 4.77. The van der Waals surface area contributed by atoms with Crippen LogP contribution in [0.3, 0.4) is 0 Å². The van der Waals surface area contributed by atoms with Crippen LogP contribution < -0.4 is 0 Å². The summed E-state index contributed by atoms with van der Waals surface area (Å²) in [7, 11) is 0. The zero-order valence-electron chi connectivity index (χ0n) is 9.20. The maximum Gasteiger partial charge on any atom is 0.325 e. The predicted octanol–water partition coefficient (Wildman–Crippen LogP) is 2.58. The van der Waals surface area contributed by atoms with Crippen molar-refractivity contribution in [3.63, 3.8) is 0 Å². The molecule has 0 spiro atoms. The van der Waals surface area contributed by atoms with E-state index in [-0.39, 0.29) is 5.97 Å². The van der Waals surface area contributed by atoms with Crippen molar-refractivity contribution >= 4 is 5.97 Å². The van der Waals surface area contributed by atoms with Crippen LogP contribution in [0.2, 0.25) is 0 Å². The minimum Gasteiger partial charge on any atom is -0.371 e. The molecule has 0 aliphatic carbocycles. The van der Waals surface area contributed by atoms with E-state index in [1.165, 1.54) is 0 Å². The number of carbonyl (C=O) groups is 1. The van der Waals surface area contributed by atoms with Gasteiger partial charge in [-0.1, -0.05) is 18.2 Å². The Morgan fingerprint density at radius 2 is 1.80 bits per heavy atom. The molecule has 0 fully saturated rings. The predicted molar refractivity (Wildman–Crippen MR) is 58.9 cm³/mol. The molecule has 0 aliphatic rings. The zero-order valence-corrected chi connectivity index (χ0v) is 9.20. The van der Waals surface area contributed by atoms with Gasteiger partial charge in [0.15, 0.2) is 0 Å². The zero-order chi connectivity index (χ0) is 11.3. The Bertz CT molecular complexity index is 388. The van der Waals surface area contributed by atoms with Crippen LogP contribution in [-0.2, 0) is 9.53 Å². The van der Waals surface area contributed by atoms with Gasteiger partial charge in [0, 0.05) is 5.56 Å². The quantitative estimate of drug-likeness (QED) is 0.477. The van der Waals surface area contributed by atoms with Gasteiger partial charge in [0.25, 0.3) is 0 Å². The molecule has 0 radical (unpaired) electrons. The van der Waals surface area contributed by atoms with Crippen LogP contribution >= 0.6 is 0 Å². The molecule has 0 atom stereocenters. The number of hydrogen-bond donors (Lipinski definition) is 0. The summed E-state index contributed by atoms with van der Waals surface area (Å²) >= 11 is 0. The van der Waals surface area contributed by atoms with Crippen molar-refractivity contribution in [3.05, 3.63) is 35.9 Å². The molecule has 1 aromatic carbocycles. The molecule has 0 saturated heterocycles. The summed E-state index contributed by atoms with van der Waals surface area (Å²) < 4.78 is 4.81. The van der Waals surface area contributed by atoms with Crippen molar-refractivity contribution in [2.24, 2.45) is 5.41 Å². The molecule has 0 amide bonds. The number of carbonyl (C=O) groups excluding carboxylic acids is 1. The second-order valence-electron chi connectivity index (χ2n) is 4.23. The molecule has 0 unspecified atom stereocenters. The third-order valence-electron chi connectivity index (χ3n) is 1.73. The number of benzene rings is 1. The van der Waals surface area contributed by atoms with Crippen LogP contribution in [0.15, 0.2) is 30.3 Å². The summed E-state index contributed by atoms with van der Waals surface area (Å²) in [5.74, 6) is 2.44. The largest absolute Gasteiger partial charge is 0.371 e. The Morgan fingerprint density at radius 3 is 2.33 bits per heavy atom. The minimum absolute atomic E-state index is 0.314. The van der Waals surface area contributed by atoms with Gasteiger partial charge in [-0.2, -0.15) is 0 Å². The van der Waals surface area contributed by atoms with Crippen molar-refractivity contribution in [3.8, 4) is 12.0 Å². The normalized spacial score (nSPS) is 10.1. The highest BCUT2D eigenvalue weighted by Crippen LogP contribution is 2.14. The Labute approximate surface area is 90.3 Å². The van der Waals surface area contributed by atoms with E-state index >= 15 is 0 Å². The fraction of sp³-hybridized carbons (Fsp3) is 0.308. The highest BCUT2D eigenvalue weighted by Gasteiger charge is 2.22. The van der Waals surface area contributed by atoms with Crippen LogP contribution in [0.25, 0.3) is 0 Å². The van der Waals surface area contributed by atoms with E-state index in [9.17, 15) is 4.79 Å². The molecule has 1 rings (SSSR count). The highest BCUT2D eigenvalue weighted by molar-refractivity contribution is 5.76. The maximum atomic E-state index is 11.3. The third kappa shape index (κ3) is 3.86. The molecular formula is C13H14O2. The van der Waals surface area contributed by atoms with Gasteiger partial charge in [0.2, 0.25) is 0 Å². The summed E-state index contributed by atoms with van der Waals surface area (Å²) in [6.45, 7) is 5.37. The van der Waals surface area contributed by atoms with Gasteiger partial charge in [-0.3, -0.25) is 4.79 Å². The van der Waals surface area contributed by atoms with Gasteiger partial charge in [-0.15, -0.1) is 0 Å². The van der Waals surface area contributed by atoms with Crippen molar-refractivity contribution in [2.75, 3.05) is 0 Å². The fourth-order valence-electron chi connectivity index (χ4n) is 0.805. The van der Waals surface area contributed by atoms with E-state index in [1.54, 1.807) is 20.8 Å². The number of esters is 1. The first-order chi connectivity index (χ1) is 7.00. The first kappa shape index (κ1) is 11.3. The van der Waals surface area contributed by atoms with Gasteiger partial charge in [0.1, 0.15) is 6.11 Å². The van der Waals surface area contributed by atoms with E-state index in [2.05, 4.69) is 12.0 Å². The topological polar surface area (TPSA) is 26.3 Å². The number of hydrogen-bond acceptors (Lipinski definition) is 2. The van der Waals surface area contributed by atoms with Crippen LogP contribution in [-0.4, -0.2) is 5.97 Å². The van der Waals surface area contributed by atoms with E-state index in [0.29, 0.717) is 0 Å². The van der Waals surface area contributed by atoms with E-state index in [4.69, 9.17) is 4.74 Å². The molecule has 0 aromatic heterocycles. The molecular weight excluding hydrogens is 188 g/mol. The lowest BCUT2D eigenvalue weighted by atomic mass is 9.98. The van der Waals surface area contributed by atoms with E-state index in [1.807, 2.05) is 30.3 Å². The van der Waals surface area contributed by atoms with E-state index < -0.39 is 5.41 Å². The Kier molecular flexibility index (Phi) is 3.51. The summed E-state index contributed by atoms with van der Waals surface area (Å²) in [5, 5.41) is 0. The van der Waals surface area contributed by atoms with Gasteiger partial charge in [-0.05, 0) is 38.8 Å². The molecule has 2 nitrogen and oxygen atoms in total. The monoisotopic (exact) mass is 202 g/mol. The summed E-state index contributed by atoms with van der Waals surface area (Å²) in [5.41, 5.74) is 0.324. The lowest BCUT2D eigenvalue weighted by molar-refractivity contribution is -0.145. The molecule has 78 valence electrons. The van der Waals surface area contributed by atoms with Crippen LogP contribution in [0.4, 0.5) is 0 Å². The molecule has 0 bridgehead atoms. The average Bonchev–Trinajstić information content (AvgIpc) is 2.18. The maximum absolute atomic E-state index is 11.3.